The second-order valence-electron chi connectivity index (χ2n) is 3.98. The predicted molar refractivity (Wildman–Crippen MR) is 75.6 cm³/mol. The molecule has 0 bridgehead atoms. The van der Waals surface area contributed by atoms with Gasteiger partial charge in [0.1, 0.15) is 6.61 Å². The number of aromatic nitrogens is 4. The molecule has 1 heterocycles. The number of benzene rings is 1. The van der Waals surface area contributed by atoms with Gasteiger partial charge < -0.3 is 4.84 Å². The summed E-state index contributed by atoms with van der Waals surface area (Å²) in [5.74, 6) is 0. The first-order chi connectivity index (χ1) is 9.69. The second-order valence-corrected chi connectivity index (χ2v) is 3.98. The van der Waals surface area contributed by atoms with Crippen LogP contribution in [-0.4, -0.2) is 26.0 Å². The van der Waals surface area contributed by atoms with E-state index in [2.05, 4.69) is 22.2 Å². The van der Waals surface area contributed by atoms with Gasteiger partial charge in [0.05, 0.1) is 5.69 Å². The molecule has 0 unspecified atom stereocenters. The van der Waals surface area contributed by atoms with E-state index in [-0.39, 0.29) is 12.3 Å². The van der Waals surface area contributed by atoms with Gasteiger partial charge in [-0.2, -0.15) is 9.36 Å². The number of oxime groups is 1. The fourth-order valence-electron chi connectivity index (χ4n) is 1.78. The summed E-state index contributed by atoms with van der Waals surface area (Å²) in [4.78, 5) is 17.1. The molecule has 0 saturated heterocycles. The number of nitrogens with zero attached hydrogens (tertiary/aromatic N) is 5. The molecule has 0 amide bonds. The lowest BCUT2D eigenvalue weighted by Gasteiger charge is -2.10. The fraction of sp³-hybridized carbons (Fsp3) is 0.231. The molecule has 7 nitrogen and oxygen atoms in total. The monoisotopic (exact) mass is 273 g/mol. The SMILES string of the molecule is C=Cc1cccc(-n2nnn(C)c2=O)c1CON=CC. The molecule has 0 atom stereocenters. The Morgan fingerprint density at radius 1 is 1.45 bits per heavy atom. The van der Waals surface area contributed by atoms with Crippen LogP contribution in [0, 0.1) is 0 Å². The Labute approximate surface area is 115 Å². The van der Waals surface area contributed by atoms with Gasteiger partial charge >= 0.3 is 5.69 Å². The highest BCUT2D eigenvalue weighted by Crippen LogP contribution is 2.19. The zero-order valence-corrected chi connectivity index (χ0v) is 11.4. The van der Waals surface area contributed by atoms with E-state index in [4.69, 9.17) is 4.84 Å². The summed E-state index contributed by atoms with van der Waals surface area (Å²) in [6.07, 6.45) is 3.24. The Morgan fingerprint density at radius 2 is 2.25 bits per heavy atom. The molecule has 2 aromatic rings. The van der Waals surface area contributed by atoms with Crippen LogP contribution in [-0.2, 0) is 18.5 Å². The molecular weight excluding hydrogens is 258 g/mol. The van der Waals surface area contributed by atoms with Gasteiger partial charge in [0.15, 0.2) is 0 Å². The van der Waals surface area contributed by atoms with Crippen molar-refractivity contribution in [1.82, 2.24) is 19.8 Å². The topological polar surface area (TPSA) is 74.3 Å². The van der Waals surface area contributed by atoms with E-state index in [0.29, 0.717) is 5.69 Å². The molecule has 0 spiro atoms. The Hall–Kier alpha value is -2.70. The number of aryl methyl sites for hydroxylation is 1. The summed E-state index contributed by atoms with van der Waals surface area (Å²) in [6.45, 7) is 5.73. The Kier molecular flexibility index (Phi) is 4.09. The first-order valence-corrected chi connectivity index (χ1v) is 6.02. The molecule has 0 radical (unpaired) electrons. The summed E-state index contributed by atoms with van der Waals surface area (Å²) in [7, 11) is 1.54. The maximum atomic E-state index is 12.0. The van der Waals surface area contributed by atoms with E-state index >= 15 is 0 Å². The molecule has 0 aliphatic heterocycles. The highest BCUT2D eigenvalue weighted by molar-refractivity contribution is 5.58. The van der Waals surface area contributed by atoms with Crippen molar-refractivity contribution >= 4 is 12.3 Å². The molecule has 1 aromatic heterocycles. The first-order valence-electron chi connectivity index (χ1n) is 6.02. The predicted octanol–water partition coefficient (Wildman–Crippen LogP) is 1.13. The minimum absolute atomic E-state index is 0.213. The molecule has 104 valence electrons. The lowest BCUT2D eigenvalue weighted by atomic mass is 10.1. The number of rotatable bonds is 5. The van der Waals surface area contributed by atoms with E-state index in [1.165, 1.54) is 4.68 Å². The zero-order chi connectivity index (χ0) is 14.5. The average molecular weight is 273 g/mol. The van der Waals surface area contributed by atoms with Crippen molar-refractivity contribution in [2.75, 3.05) is 0 Å². The molecule has 0 aliphatic carbocycles. The maximum absolute atomic E-state index is 12.0. The highest BCUT2D eigenvalue weighted by Gasteiger charge is 2.13. The van der Waals surface area contributed by atoms with Crippen molar-refractivity contribution in [2.45, 2.75) is 13.5 Å². The summed E-state index contributed by atoms with van der Waals surface area (Å²) in [5, 5.41) is 11.3. The smallest absolute Gasteiger partial charge is 0.368 e. The van der Waals surface area contributed by atoms with Crippen LogP contribution in [0.25, 0.3) is 11.8 Å². The summed E-state index contributed by atoms with van der Waals surface area (Å²) < 4.78 is 2.39. The van der Waals surface area contributed by atoms with Crippen molar-refractivity contribution < 1.29 is 4.84 Å². The van der Waals surface area contributed by atoms with Gasteiger partial charge in [0, 0.05) is 18.8 Å². The summed E-state index contributed by atoms with van der Waals surface area (Å²) in [5.41, 5.74) is 1.90. The molecule has 1 aromatic carbocycles. The minimum Gasteiger partial charge on any atom is -0.391 e. The third-order valence-corrected chi connectivity index (χ3v) is 2.75. The molecule has 20 heavy (non-hydrogen) atoms. The molecule has 7 heteroatoms. The van der Waals surface area contributed by atoms with Gasteiger partial charge in [-0.25, -0.2) is 4.79 Å². The zero-order valence-electron chi connectivity index (χ0n) is 11.4. The second kappa shape index (κ2) is 5.96. The van der Waals surface area contributed by atoms with Crippen molar-refractivity contribution in [3.05, 3.63) is 46.4 Å². The van der Waals surface area contributed by atoms with Gasteiger partial charge in [0.25, 0.3) is 0 Å². The van der Waals surface area contributed by atoms with Crippen LogP contribution in [0.3, 0.4) is 0 Å². The van der Waals surface area contributed by atoms with Gasteiger partial charge in [-0.05, 0) is 29.0 Å². The Bertz CT molecular complexity index is 699. The van der Waals surface area contributed by atoms with Gasteiger partial charge in [-0.15, -0.1) is 0 Å². The van der Waals surface area contributed by atoms with Crippen LogP contribution >= 0.6 is 0 Å². The van der Waals surface area contributed by atoms with Crippen molar-refractivity contribution in [2.24, 2.45) is 12.2 Å². The maximum Gasteiger partial charge on any atom is 0.368 e. The highest BCUT2D eigenvalue weighted by atomic mass is 16.6. The standard InChI is InChI=1S/C13H15N5O2/c1-4-10-7-6-8-12(11(10)9-20-14-5-2)18-13(19)17(3)15-16-18/h4-8H,1,9H2,2-3H3. The number of tetrazole rings is 1. The van der Waals surface area contributed by atoms with E-state index < -0.39 is 0 Å². The van der Waals surface area contributed by atoms with Crippen LogP contribution in [0.4, 0.5) is 0 Å². The molecule has 2 rings (SSSR count). The normalized spacial score (nSPS) is 10.9. The van der Waals surface area contributed by atoms with Gasteiger partial charge in [0.2, 0.25) is 0 Å². The first kappa shape index (κ1) is 13.7. The average Bonchev–Trinajstić information content (AvgIpc) is 2.79. The third kappa shape index (κ3) is 2.51. The summed E-state index contributed by atoms with van der Waals surface area (Å²) in [6, 6.07) is 5.48. The lowest BCUT2D eigenvalue weighted by molar-refractivity contribution is 0.131. The van der Waals surface area contributed by atoms with Crippen molar-refractivity contribution in [3.8, 4) is 5.69 Å². The van der Waals surface area contributed by atoms with Crippen molar-refractivity contribution in [1.29, 1.82) is 0 Å². The molecule has 0 fully saturated rings. The molecule has 0 aliphatic rings. The molecule has 0 saturated carbocycles. The Balaban J connectivity index is 2.54. The number of hydrogen-bond donors (Lipinski definition) is 0. The van der Waals surface area contributed by atoms with E-state index in [0.717, 1.165) is 15.8 Å². The van der Waals surface area contributed by atoms with E-state index in [9.17, 15) is 4.79 Å². The van der Waals surface area contributed by atoms with Gasteiger partial charge in [-0.3, -0.25) is 0 Å². The van der Waals surface area contributed by atoms with Crippen LogP contribution in [0.15, 0.2) is 34.7 Å². The largest absolute Gasteiger partial charge is 0.391 e. The number of hydrogen-bond acceptors (Lipinski definition) is 5. The lowest BCUT2D eigenvalue weighted by Crippen LogP contribution is -2.23. The van der Waals surface area contributed by atoms with Crippen molar-refractivity contribution in [3.63, 3.8) is 0 Å². The molecular formula is C13H15N5O2. The van der Waals surface area contributed by atoms with Crippen LogP contribution in [0.1, 0.15) is 18.1 Å². The fourth-order valence-corrected chi connectivity index (χ4v) is 1.78. The van der Waals surface area contributed by atoms with E-state index in [1.54, 1.807) is 32.3 Å². The van der Waals surface area contributed by atoms with Crippen LogP contribution < -0.4 is 5.69 Å². The van der Waals surface area contributed by atoms with E-state index in [1.807, 2.05) is 12.1 Å². The van der Waals surface area contributed by atoms with Crippen LogP contribution in [0.5, 0.6) is 0 Å². The Morgan fingerprint density at radius 3 is 2.85 bits per heavy atom. The minimum atomic E-state index is -0.327. The molecule has 0 N–H and O–H groups in total. The summed E-state index contributed by atoms with van der Waals surface area (Å²) >= 11 is 0. The van der Waals surface area contributed by atoms with Gasteiger partial charge in [-0.1, -0.05) is 29.9 Å². The third-order valence-electron chi connectivity index (χ3n) is 2.75. The quantitative estimate of drug-likeness (QED) is 0.604. The van der Waals surface area contributed by atoms with Crippen LogP contribution in [0.2, 0.25) is 0 Å².